The standard InChI is InChI=1S/C19H21FN2O2/c20-15-8-6-14(7-9-15)18(23)12-22(17-10-11-17)13-19(24)21-16-4-2-1-3-5-16/h1-9,17-18,23H,10-13H2,(H,21,24). The van der Waals surface area contributed by atoms with Crippen molar-refractivity contribution in [2.24, 2.45) is 0 Å². The SMILES string of the molecule is O=C(CN(CC(O)c1ccc(F)cc1)C1CC1)Nc1ccccc1. The molecule has 0 heterocycles. The summed E-state index contributed by atoms with van der Waals surface area (Å²) in [6, 6.07) is 15.5. The van der Waals surface area contributed by atoms with Crippen LogP contribution in [0.15, 0.2) is 54.6 Å². The predicted molar refractivity (Wildman–Crippen MR) is 91.0 cm³/mol. The number of carbonyl (C=O) groups is 1. The second kappa shape index (κ2) is 7.55. The molecule has 1 amide bonds. The molecular weight excluding hydrogens is 307 g/mol. The molecule has 1 atom stereocenters. The molecule has 2 aromatic carbocycles. The number of hydrogen-bond acceptors (Lipinski definition) is 3. The van der Waals surface area contributed by atoms with Crippen LogP contribution in [0.4, 0.5) is 10.1 Å². The molecule has 2 aromatic rings. The van der Waals surface area contributed by atoms with E-state index >= 15 is 0 Å². The van der Waals surface area contributed by atoms with Crippen LogP contribution < -0.4 is 5.32 Å². The molecule has 1 aliphatic carbocycles. The molecule has 0 aliphatic heterocycles. The first-order chi connectivity index (χ1) is 11.6. The van der Waals surface area contributed by atoms with Gasteiger partial charge in [0.15, 0.2) is 0 Å². The van der Waals surface area contributed by atoms with Crippen LogP contribution in [-0.2, 0) is 4.79 Å². The monoisotopic (exact) mass is 328 g/mol. The third-order valence-electron chi connectivity index (χ3n) is 4.13. The van der Waals surface area contributed by atoms with Crippen LogP contribution in [0, 0.1) is 5.82 Å². The molecule has 2 N–H and O–H groups in total. The van der Waals surface area contributed by atoms with E-state index in [0.29, 0.717) is 18.2 Å². The number of rotatable bonds is 7. The van der Waals surface area contributed by atoms with Crippen molar-refractivity contribution in [3.05, 3.63) is 66.0 Å². The second-order valence-electron chi connectivity index (χ2n) is 6.14. The van der Waals surface area contributed by atoms with Gasteiger partial charge in [-0.15, -0.1) is 0 Å². The van der Waals surface area contributed by atoms with Crippen LogP contribution in [0.5, 0.6) is 0 Å². The zero-order chi connectivity index (χ0) is 16.9. The lowest BCUT2D eigenvalue weighted by molar-refractivity contribution is -0.117. The number of anilines is 1. The molecule has 1 unspecified atom stereocenters. The summed E-state index contributed by atoms with van der Waals surface area (Å²) in [4.78, 5) is 14.2. The largest absolute Gasteiger partial charge is 0.387 e. The van der Waals surface area contributed by atoms with Crippen molar-refractivity contribution >= 4 is 11.6 Å². The highest BCUT2D eigenvalue weighted by molar-refractivity contribution is 5.92. The number of carbonyl (C=O) groups excluding carboxylic acids is 1. The van der Waals surface area contributed by atoms with Gasteiger partial charge in [-0.1, -0.05) is 30.3 Å². The summed E-state index contributed by atoms with van der Waals surface area (Å²) in [6.07, 6.45) is 1.33. The number of nitrogens with zero attached hydrogens (tertiary/aromatic N) is 1. The van der Waals surface area contributed by atoms with Crippen LogP contribution in [-0.4, -0.2) is 35.0 Å². The van der Waals surface area contributed by atoms with Crippen LogP contribution in [0.25, 0.3) is 0 Å². The molecule has 1 saturated carbocycles. The summed E-state index contributed by atoms with van der Waals surface area (Å²) in [6.45, 7) is 0.594. The molecule has 1 fully saturated rings. The smallest absolute Gasteiger partial charge is 0.238 e. The normalized spacial score (nSPS) is 15.3. The van der Waals surface area contributed by atoms with E-state index in [1.54, 1.807) is 12.1 Å². The van der Waals surface area contributed by atoms with Crippen molar-refractivity contribution in [1.82, 2.24) is 4.90 Å². The van der Waals surface area contributed by atoms with Crippen LogP contribution in [0.1, 0.15) is 24.5 Å². The van der Waals surface area contributed by atoms with Crippen molar-refractivity contribution in [3.63, 3.8) is 0 Å². The van der Waals surface area contributed by atoms with Crippen LogP contribution >= 0.6 is 0 Å². The lowest BCUT2D eigenvalue weighted by atomic mass is 10.1. The second-order valence-corrected chi connectivity index (χ2v) is 6.14. The quantitative estimate of drug-likeness (QED) is 0.822. The minimum Gasteiger partial charge on any atom is -0.387 e. The van der Waals surface area contributed by atoms with Gasteiger partial charge in [0.2, 0.25) is 5.91 Å². The molecule has 0 aromatic heterocycles. The van der Waals surface area contributed by atoms with Crippen molar-refractivity contribution in [1.29, 1.82) is 0 Å². The molecule has 5 heteroatoms. The Kier molecular flexibility index (Phi) is 5.23. The first-order valence-electron chi connectivity index (χ1n) is 8.14. The van der Waals surface area contributed by atoms with Crippen LogP contribution in [0.2, 0.25) is 0 Å². The number of amides is 1. The number of aliphatic hydroxyl groups excluding tert-OH is 1. The summed E-state index contributed by atoms with van der Waals surface area (Å²) in [7, 11) is 0. The summed E-state index contributed by atoms with van der Waals surface area (Å²) in [5.41, 5.74) is 1.42. The number of aliphatic hydroxyl groups is 1. The fourth-order valence-electron chi connectivity index (χ4n) is 2.70. The number of para-hydroxylation sites is 1. The van der Waals surface area contributed by atoms with Crippen molar-refractivity contribution < 1.29 is 14.3 Å². The Morgan fingerprint density at radius 2 is 1.83 bits per heavy atom. The van der Waals surface area contributed by atoms with Gasteiger partial charge < -0.3 is 10.4 Å². The minimum atomic E-state index is -0.740. The topological polar surface area (TPSA) is 52.6 Å². The third kappa shape index (κ3) is 4.63. The average molecular weight is 328 g/mol. The first-order valence-corrected chi connectivity index (χ1v) is 8.14. The molecule has 3 rings (SSSR count). The summed E-state index contributed by atoms with van der Waals surface area (Å²) >= 11 is 0. The fourth-order valence-corrected chi connectivity index (χ4v) is 2.70. The van der Waals surface area contributed by atoms with Gasteiger partial charge in [0.25, 0.3) is 0 Å². The zero-order valence-corrected chi connectivity index (χ0v) is 13.4. The molecule has 0 saturated heterocycles. The first kappa shape index (κ1) is 16.6. The van der Waals surface area contributed by atoms with E-state index in [9.17, 15) is 14.3 Å². The minimum absolute atomic E-state index is 0.0978. The maximum atomic E-state index is 13.0. The van der Waals surface area contributed by atoms with E-state index in [0.717, 1.165) is 18.5 Å². The van der Waals surface area contributed by atoms with E-state index in [1.165, 1.54) is 12.1 Å². The van der Waals surface area contributed by atoms with Gasteiger partial charge in [0, 0.05) is 18.3 Å². The number of halogens is 1. The Labute approximate surface area is 140 Å². The maximum Gasteiger partial charge on any atom is 0.238 e. The Morgan fingerprint density at radius 3 is 2.46 bits per heavy atom. The molecule has 24 heavy (non-hydrogen) atoms. The molecule has 0 spiro atoms. The van der Waals surface area contributed by atoms with Crippen LogP contribution in [0.3, 0.4) is 0 Å². The fraction of sp³-hybridized carbons (Fsp3) is 0.316. The average Bonchev–Trinajstić information content (AvgIpc) is 3.40. The summed E-state index contributed by atoms with van der Waals surface area (Å²) in [5.74, 6) is -0.424. The van der Waals surface area contributed by atoms with Crippen molar-refractivity contribution in [3.8, 4) is 0 Å². The molecular formula is C19H21FN2O2. The van der Waals surface area contributed by atoms with Gasteiger partial charge in [0.05, 0.1) is 12.6 Å². The zero-order valence-electron chi connectivity index (χ0n) is 13.4. The van der Waals surface area contributed by atoms with E-state index in [-0.39, 0.29) is 18.3 Å². The molecule has 4 nitrogen and oxygen atoms in total. The third-order valence-corrected chi connectivity index (χ3v) is 4.13. The van der Waals surface area contributed by atoms with E-state index in [4.69, 9.17) is 0 Å². The molecule has 0 bridgehead atoms. The summed E-state index contributed by atoms with van der Waals surface area (Å²) in [5, 5.41) is 13.2. The van der Waals surface area contributed by atoms with Gasteiger partial charge >= 0.3 is 0 Å². The maximum absolute atomic E-state index is 13.0. The van der Waals surface area contributed by atoms with E-state index < -0.39 is 6.10 Å². The Bertz CT molecular complexity index is 672. The predicted octanol–water partition coefficient (Wildman–Crippen LogP) is 2.96. The highest BCUT2D eigenvalue weighted by atomic mass is 19.1. The van der Waals surface area contributed by atoms with Gasteiger partial charge in [-0.25, -0.2) is 4.39 Å². The lowest BCUT2D eigenvalue weighted by Crippen LogP contribution is -2.37. The number of hydrogen-bond donors (Lipinski definition) is 2. The van der Waals surface area contributed by atoms with Gasteiger partial charge in [-0.05, 0) is 42.7 Å². The summed E-state index contributed by atoms with van der Waals surface area (Å²) < 4.78 is 13.0. The Balaban J connectivity index is 1.58. The van der Waals surface area contributed by atoms with E-state index in [2.05, 4.69) is 5.32 Å². The Morgan fingerprint density at radius 1 is 1.17 bits per heavy atom. The van der Waals surface area contributed by atoms with Crippen molar-refractivity contribution in [2.75, 3.05) is 18.4 Å². The highest BCUT2D eigenvalue weighted by Gasteiger charge is 2.31. The highest BCUT2D eigenvalue weighted by Crippen LogP contribution is 2.28. The number of nitrogens with one attached hydrogen (secondary N) is 1. The molecule has 1 aliphatic rings. The van der Waals surface area contributed by atoms with E-state index in [1.807, 2.05) is 35.2 Å². The van der Waals surface area contributed by atoms with Gasteiger partial charge in [-0.2, -0.15) is 0 Å². The number of benzene rings is 2. The van der Waals surface area contributed by atoms with Gasteiger partial charge in [-0.3, -0.25) is 9.69 Å². The lowest BCUT2D eigenvalue weighted by Gasteiger charge is -2.24. The van der Waals surface area contributed by atoms with Crippen molar-refractivity contribution in [2.45, 2.75) is 25.0 Å². The van der Waals surface area contributed by atoms with Gasteiger partial charge in [0.1, 0.15) is 5.82 Å². The molecule has 0 radical (unpaired) electrons. The molecule has 126 valence electrons. The Hall–Kier alpha value is -2.24.